The van der Waals surface area contributed by atoms with Gasteiger partial charge in [0.25, 0.3) is 0 Å². The number of aryl methyl sites for hydroxylation is 1. The van der Waals surface area contributed by atoms with E-state index in [0.29, 0.717) is 11.6 Å². The Morgan fingerprint density at radius 2 is 1.71 bits per heavy atom. The number of nitrogens with zero attached hydrogens (tertiary/aromatic N) is 1. The predicted octanol–water partition coefficient (Wildman–Crippen LogP) is 3.41. The van der Waals surface area contributed by atoms with Gasteiger partial charge in [-0.15, -0.1) is 0 Å². The zero-order valence-electron chi connectivity index (χ0n) is 11.5. The second-order valence-electron chi connectivity index (χ2n) is 6.31. The molecular weight excluding hydrogens is 214 g/mol. The van der Waals surface area contributed by atoms with Crippen LogP contribution in [0.15, 0.2) is 6.07 Å². The highest BCUT2D eigenvalue weighted by atomic mass is 16.4. The summed E-state index contributed by atoms with van der Waals surface area (Å²) in [6.45, 7) is 12.9. The zero-order valence-corrected chi connectivity index (χ0v) is 11.5. The first-order chi connectivity index (χ1) is 7.62. The summed E-state index contributed by atoms with van der Waals surface area (Å²) >= 11 is 0. The van der Waals surface area contributed by atoms with Crippen LogP contribution < -0.4 is 0 Å². The topological polar surface area (TPSA) is 42.2 Å². The summed E-state index contributed by atoms with van der Waals surface area (Å²) in [6, 6.07) is 2.17. The Balaban J connectivity index is 2.53. The standard InChI is InChI=1S/C14H21NO2/c1-8-7-10(11(16)17)9(2)15(8)12-13(3,4)14(12,5)6/h7,12H,1-6H3,(H,16,17). The smallest absolute Gasteiger partial charge is 0.337 e. The molecule has 1 aromatic rings. The van der Waals surface area contributed by atoms with E-state index in [0.717, 1.165) is 11.4 Å². The highest BCUT2D eigenvalue weighted by Crippen LogP contribution is 2.71. The minimum Gasteiger partial charge on any atom is -0.478 e. The third-order valence-corrected chi connectivity index (χ3v) is 4.92. The molecule has 0 bridgehead atoms. The van der Waals surface area contributed by atoms with Crippen molar-refractivity contribution in [2.45, 2.75) is 47.6 Å². The van der Waals surface area contributed by atoms with Crippen LogP contribution in [-0.4, -0.2) is 15.6 Å². The quantitative estimate of drug-likeness (QED) is 0.853. The van der Waals surface area contributed by atoms with Gasteiger partial charge in [-0.2, -0.15) is 0 Å². The van der Waals surface area contributed by atoms with E-state index in [4.69, 9.17) is 5.11 Å². The second-order valence-corrected chi connectivity index (χ2v) is 6.31. The van der Waals surface area contributed by atoms with Crippen LogP contribution in [0.1, 0.15) is 55.5 Å². The van der Waals surface area contributed by atoms with Crippen LogP contribution in [0.4, 0.5) is 0 Å². The zero-order chi connectivity index (χ0) is 13.2. The van der Waals surface area contributed by atoms with E-state index < -0.39 is 5.97 Å². The van der Waals surface area contributed by atoms with Crippen LogP contribution in [0.2, 0.25) is 0 Å². The molecule has 1 heterocycles. The van der Waals surface area contributed by atoms with E-state index in [2.05, 4.69) is 32.3 Å². The number of rotatable bonds is 2. The molecule has 0 amide bonds. The van der Waals surface area contributed by atoms with Gasteiger partial charge in [0.05, 0.1) is 5.56 Å². The highest BCUT2D eigenvalue weighted by Gasteiger charge is 2.66. The summed E-state index contributed by atoms with van der Waals surface area (Å²) in [5, 5.41) is 9.15. The maximum absolute atomic E-state index is 11.1. The van der Waals surface area contributed by atoms with Crippen LogP contribution >= 0.6 is 0 Å². The molecule has 0 aromatic carbocycles. The molecule has 1 saturated carbocycles. The molecule has 0 saturated heterocycles. The van der Waals surface area contributed by atoms with Crippen LogP contribution in [0.5, 0.6) is 0 Å². The van der Waals surface area contributed by atoms with Gasteiger partial charge >= 0.3 is 5.97 Å². The van der Waals surface area contributed by atoms with Gasteiger partial charge in [0.2, 0.25) is 0 Å². The number of hydrogen-bond donors (Lipinski definition) is 1. The minimum absolute atomic E-state index is 0.220. The molecule has 1 aliphatic carbocycles. The monoisotopic (exact) mass is 235 g/mol. The van der Waals surface area contributed by atoms with Crippen molar-refractivity contribution in [1.82, 2.24) is 4.57 Å². The predicted molar refractivity (Wildman–Crippen MR) is 67.5 cm³/mol. The van der Waals surface area contributed by atoms with Gasteiger partial charge in [-0.25, -0.2) is 4.79 Å². The fraction of sp³-hybridized carbons (Fsp3) is 0.643. The Bertz CT molecular complexity index is 481. The van der Waals surface area contributed by atoms with Crippen molar-refractivity contribution in [3.63, 3.8) is 0 Å². The highest BCUT2D eigenvalue weighted by molar-refractivity contribution is 5.89. The Labute approximate surface area is 102 Å². The molecule has 1 aliphatic rings. The lowest BCUT2D eigenvalue weighted by molar-refractivity contribution is 0.0696. The van der Waals surface area contributed by atoms with Crippen LogP contribution in [0.3, 0.4) is 0 Å². The molecule has 0 spiro atoms. The number of aromatic carboxylic acids is 1. The molecule has 0 atom stereocenters. The first-order valence-electron chi connectivity index (χ1n) is 6.04. The minimum atomic E-state index is -0.833. The van der Waals surface area contributed by atoms with Crippen molar-refractivity contribution in [2.75, 3.05) is 0 Å². The Morgan fingerprint density at radius 3 is 2.00 bits per heavy atom. The summed E-state index contributed by atoms with van der Waals surface area (Å²) < 4.78 is 2.20. The summed E-state index contributed by atoms with van der Waals surface area (Å²) in [4.78, 5) is 11.1. The van der Waals surface area contributed by atoms with E-state index in [1.54, 1.807) is 6.07 Å². The lowest BCUT2D eigenvalue weighted by Gasteiger charge is -2.11. The molecule has 1 aromatic heterocycles. The van der Waals surface area contributed by atoms with Gasteiger partial charge in [0, 0.05) is 17.4 Å². The molecule has 1 fully saturated rings. The Kier molecular flexibility index (Phi) is 2.26. The van der Waals surface area contributed by atoms with Crippen molar-refractivity contribution in [3.05, 3.63) is 23.0 Å². The largest absolute Gasteiger partial charge is 0.478 e. The lowest BCUT2D eigenvalue weighted by atomic mass is 10.0. The van der Waals surface area contributed by atoms with Crippen LogP contribution in [0.25, 0.3) is 0 Å². The molecule has 0 aliphatic heterocycles. The van der Waals surface area contributed by atoms with Crippen molar-refractivity contribution < 1.29 is 9.90 Å². The van der Waals surface area contributed by atoms with E-state index in [-0.39, 0.29) is 10.8 Å². The number of carboxylic acids is 1. The van der Waals surface area contributed by atoms with Crippen molar-refractivity contribution >= 4 is 5.97 Å². The van der Waals surface area contributed by atoms with E-state index in [9.17, 15) is 4.79 Å². The van der Waals surface area contributed by atoms with Gasteiger partial charge in [0.15, 0.2) is 0 Å². The van der Waals surface area contributed by atoms with E-state index >= 15 is 0 Å². The number of hydrogen-bond acceptors (Lipinski definition) is 1. The second kappa shape index (κ2) is 3.15. The average molecular weight is 235 g/mol. The number of carboxylic acid groups (broad SMARTS) is 1. The Morgan fingerprint density at radius 1 is 1.24 bits per heavy atom. The van der Waals surface area contributed by atoms with Gasteiger partial charge < -0.3 is 9.67 Å². The maximum atomic E-state index is 11.1. The fourth-order valence-corrected chi connectivity index (χ4v) is 3.20. The average Bonchev–Trinajstić information content (AvgIpc) is 2.47. The third kappa shape index (κ3) is 1.38. The van der Waals surface area contributed by atoms with Gasteiger partial charge in [-0.05, 0) is 30.7 Å². The molecule has 3 nitrogen and oxygen atoms in total. The first-order valence-corrected chi connectivity index (χ1v) is 6.04. The van der Waals surface area contributed by atoms with Crippen LogP contribution in [0, 0.1) is 24.7 Å². The van der Waals surface area contributed by atoms with E-state index in [1.807, 2.05) is 13.8 Å². The lowest BCUT2D eigenvalue weighted by Crippen LogP contribution is -2.06. The molecule has 0 unspecified atom stereocenters. The summed E-state index contributed by atoms with van der Waals surface area (Å²) in [7, 11) is 0. The molecule has 94 valence electrons. The first kappa shape index (κ1) is 12.2. The fourth-order valence-electron chi connectivity index (χ4n) is 3.20. The molecule has 3 heteroatoms. The van der Waals surface area contributed by atoms with Crippen molar-refractivity contribution in [1.29, 1.82) is 0 Å². The summed E-state index contributed by atoms with van der Waals surface area (Å²) in [5.74, 6) is -0.833. The third-order valence-electron chi connectivity index (χ3n) is 4.92. The molecule has 1 N–H and O–H groups in total. The SMILES string of the molecule is Cc1cc(C(=O)O)c(C)n1C1C(C)(C)C1(C)C. The van der Waals surface area contributed by atoms with Gasteiger partial charge in [-0.3, -0.25) is 0 Å². The van der Waals surface area contributed by atoms with E-state index in [1.165, 1.54) is 0 Å². The number of carbonyl (C=O) groups is 1. The molecular formula is C14H21NO2. The van der Waals surface area contributed by atoms with Crippen molar-refractivity contribution in [3.8, 4) is 0 Å². The van der Waals surface area contributed by atoms with Gasteiger partial charge in [-0.1, -0.05) is 27.7 Å². The van der Waals surface area contributed by atoms with Crippen LogP contribution in [-0.2, 0) is 0 Å². The molecule has 17 heavy (non-hydrogen) atoms. The van der Waals surface area contributed by atoms with Gasteiger partial charge in [0.1, 0.15) is 0 Å². The number of aromatic nitrogens is 1. The Hall–Kier alpha value is -1.25. The summed E-state index contributed by atoms with van der Waals surface area (Å²) in [6.07, 6.45) is 0. The van der Waals surface area contributed by atoms with Crippen molar-refractivity contribution in [2.24, 2.45) is 10.8 Å². The maximum Gasteiger partial charge on any atom is 0.337 e. The molecule has 2 rings (SSSR count). The normalized spacial score (nSPS) is 21.5. The molecule has 0 radical (unpaired) electrons. The summed E-state index contributed by atoms with van der Waals surface area (Å²) in [5.41, 5.74) is 2.79.